The number of imidazole rings is 1. The topological polar surface area (TPSA) is 117 Å². The van der Waals surface area contributed by atoms with E-state index < -0.39 is 11.2 Å². The first-order valence-corrected chi connectivity index (χ1v) is 10.1. The molecular weight excluding hydrogens is 386 g/mol. The quantitative estimate of drug-likeness (QED) is 0.616. The van der Waals surface area contributed by atoms with Crippen LogP contribution in [0.3, 0.4) is 0 Å². The van der Waals surface area contributed by atoms with Gasteiger partial charge in [0.1, 0.15) is 12.0 Å². The van der Waals surface area contributed by atoms with E-state index in [-0.39, 0.29) is 12.6 Å². The van der Waals surface area contributed by atoms with Crippen LogP contribution in [-0.4, -0.2) is 43.0 Å². The smallest absolute Gasteiger partial charge is 0.332 e. The van der Waals surface area contributed by atoms with E-state index in [4.69, 9.17) is 15.2 Å². The van der Waals surface area contributed by atoms with Gasteiger partial charge in [0.2, 0.25) is 5.95 Å². The summed E-state index contributed by atoms with van der Waals surface area (Å²) >= 11 is 0. The van der Waals surface area contributed by atoms with E-state index >= 15 is 0 Å². The van der Waals surface area contributed by atoms with E-state index in [0.29, 0.717) is 35.9 Å². The van der Waals surface area contributed by atoms with Crippen molar-refractivity contribution < 1.29 is 4.52 Å². The molecule has 0 amide bonds. The molecule has 0 aromatic carbocycles. The summed E-state index contributed by atoms with van der Waals surface area (Å²) in [5.41, 5.74) is 7.76. The molecule has 0 spiro atoms. The van der Waals surface area contributed by atoms with Gasteiger partial charge in [-0.1, -0.05) is 16.8 Å². The summed E-state index contributed by atoms with van der Waals surface area (Å²) in [4.78, 5) is 33.2. The molecule has 30 heavy (non-hydrogen) atoms. The summed E-state index contributed by atoms with van der Waals surface area (Å²) in [6.07, 6.45) is 5.39. The molecule has 0 radical (unpaired) electrons. The Morgan fingerprint density at radius 1 is 1.33 bits per heavy atom. The number of rotatable bonds is 5. The van der Waals surface area contributed by atoms with E-state index in [1.807, 2.05) is 24.5 Å². The molecule has 1 aliphatic heterocycles. The third kappa shape index (κ3) is 3.58. The minimum atomic E-state index is -0.441. The normalized spacial score (nSPS) is 16.9. The minimum Gasteiger partial charge on any atom is -0.364 e. The number of piperidine rings is 1. The second-order valence-corrected chi connectivity index (χ2v) is 8.05. The summed E-state index contributed by atoms with van der Waals surface area (Å²) in [7, 11) is 1.63. The number of fused-ring (bicyclic) bond motifs is 1. The van der Waals surface area contributed by atoms with Gasteiger partial charge in [-0.2, -0.15) is 4.98 Å². The third-order valence-corrected chi connectivity index (χ3v) is 5.45. The van der Waals surface area contributed by atoms with Gasteiger partial charge in [0.05, 0.1) is 6.54 Å². The van der Waals surface area contributed by atoms with Crippen molar-refractivity contribution in [3.63, 3.8) is 0 Å². The van der Waals surface area contributed by atoms with Crippen molar-refractivity contribution >= 4 is 17.1 Å². The lowest BCUT2D eigenvalue weighted by Crippen LogP contribution is -2.44. The first-order chi connectivity index (χ1) is 14.4. The summed E-state index contributed by atoms with van der Waals surface area (Å²) in [6, 6.07) is 1.69. The maximum absolute atomic E-state index is 13.4. The highest BCUT2D eigenvalue weighted by Crippen LogP contribution is 2.23. The van der Waals surface area contributed by atoms with Crippen LogP contribution < -0.4 is 21.9 Å². The van der Waals surface area contributed by atoms with Crippen molar-refractivity contribution in [1.82, 2.24) is 23.8 Å². The average molecular weight is 413 g/mol. The Morgan fingerprint density at radius 3 is 2.80 bits per heavy atom. The van der Waals surface area contributed by atoms with Crippen molar-refractivity contribution in [2.75, 3.05) is 18.0 Å². The zero-order valence-electron chi connectivity index (χ0n) is 17.5. The van der Waals surface area contributed by atoms with Crippen LogP contribution in [0.25, 0.3) is 11.2 Å². The molecule has 10 nitrogen and oxygen atoms in total. The van der Waals surface area contributed by atoms with Gasteiger partial charge in [-0.25, -0.2) is 4.79 Å². The molecule has 1 aliphatic rings. The predicted molar refractivity (Wildman–Crippen MR) is 114 cm³/mol. The van der Waals surface area contributed by atoms with E-state index in [1.165, 1.54) is 15.4 Å². The van der Waals surface area contributed by atoms with Gasteiger partial charge in [0.25, 0.3) is 5.56 Å². The second kappa shape index (κ2) is 7.94. The molecular formula is C20H27N7O3. The Bertz CT molecular complexity index is 1200. The molecule has 0 aliphatic carbocycles. The van der Waals surface area contributed by atoms with Crippen LogP contribution in [-0.2, 0) is 20.1 Å². The Morgan fingerprint density at radius 2 is 2.13 bits per heavy atom. The summed E-state index contributed by atoms with van der Waals surface area (Å²) < 4.78 is 9.33. The summed E-state index contributed by atoms with van der Waals surface area (Å²) in [5.74, 6) is 0.670. The van der Waals surface area contributed by atoms with Crippen molar-refractivity contribution in [2.45, 2.75) is 45.8 Å². The molecule has 160 valence electrons. The van der Waals surface area contributed by atoms with Crippen molar-refractivity contribution in [3.8, 4) is 0 Å². The molecule has 4 heterocycles. The number of allylic oxidation sites excluding steroid dienone is 2. The van der Waals surface area contributed by atoms with Crippen LogP contribution in [0.15, 0.2) is 38.1 Å². The molecule has 1 fully saturated rings. The zero-order valence-corrected chi connectivity index (χ0v) is 17.5. The van der Waals surface area contributed by atoms with E-state index in [9.17, 15) is 9.59 Å². The molecule has 3 aromatic rings. The number of nitrogens with two attached hydrogens (primary N) is 1. The molecule has 2 N–H and O–H groups in total. The van der Waals surface area contributed by atoms with Crippen LogP contribution in [0.2, 0.25) is 0 Å². The van der Waals surface area contributed by atoms with Crippen LogP contribution in [0.5, 0.6) is 0 Å². The molecule has 3 aromatic heterocycles. The first kappa shape index (κ1) is 20.1. The van der Waals surface area contributed by atoms with Gasteiger partial charge in [-0.15, -0.1) is 0 Å². The molecule has 4 rings (SSSR count). The van der Waals surface area contributed by atoms with E-state index in [2.05, 4.69) is 10.1 Å². The summed E-state index contributed by atoms with van der Waals surface area (Å²) in [5, 5.41) is 3.84. The molecule has 0 saturated carbocycles. The highest BCUT2D eigenvalue weighted by molar-refractivity contribution is 5.74. The average Bonchev–Trinajstić information content (AvgIpc) is 3.35. The van der Waals surface area contributed by atoms with Gasteiger partial charge in [-0.05, 0) is 26.7 Å². The van der Waals surface area contributed by atoms with Crippen LogP contribution in [0.1, 0.15) is 32.4 Å². The van der Waals surface area contributed by atoms with Crippen molar-refractivity contribution in [2.24, 2.45) is 12.8 Å². The van der Waals surface area contributed by atoms with Crippen LogP contribution in [0, 0.1) is 0 Å². The van der Waals surface area contributed by atoms with E-state index in [0.717, 1.165) is 25.0 Å². The SMILES string of the molecule is CC(C)=CCn1c(N2CCCC(N)C2)nc2c1c(=O)n(Cc1ccon1)c(=O)n2C. The molecule has 1 atom stereocenters. The standard InChI is InChI=1S/C20H27N7O3/c1-13(2)6-9-26-16-17(22-19(26)25-8-4-5-14(21)11-25)24(3)20(29)27(18(16)28)12-15-7-10-30-23-15/h6-7,10,14H,4-5,8-9,11-12,21H2,1-3H3. The third-order valence-electron chi connectivity index (χ3n) is 5.45. The Kier molecular flexibility index (Phi) is 5.33. The zero-order chi connectivity index (χ0) is 21.4. The lowest BCUT2D eigenvalue weighted by Gasteiger charge is -2.31. The lowest BCUT2D eigenvalue weighted by molar-refractivity contribution is 0.408. The fraction of sp³-hybridized carbons (Fsp3) is 0.500. The largest absolute Gasteiger partial charge is 0.364 e. The Labute approximate surface area is 173 Å². The second-order valence-electron chi connectivity index (χ2n) is 8.05. The van der Waals surface area contributed by atoms with Crippen molar-refractivity contribution in [1.29, 1.82) is 0 Å². The maximum atomic E-state index is 13.4. The molecule has 1 unspecified atom stereocenters. The van der Waals surface area contributed by atoms with Gasteiger partial charge >= 0.3 is 5.69 Å². The van der Waals surface area contributed by atoms with Crippen LogP contribution >= 0.6 is 0 Å². The number of anilines is 1. The number of hydrogen-bond donors (Lipinski definition) is 1. The number of hydrogen-bond acceptors (Lipinski definition) is 7. The van der Waals surface area contributed by atoms with Gasteiger partial charge in [-0.3, -0.25) is 13.9 Å². The predicted octanol–water partition coefficient (Wildman–Crippen LogP) is 0.827. The highest BCUT2D eigenvalue weighted by Gasteiger charge is 2.26. The fourth-order valence-electron chi connectivity index (χ4n) is 3.86. The van der Waals surface area contributed by atoms with Gasteiger partial charge < -0.3 is 19.7 Å². The Balaban J connectivity index is 1.94. The summed E-state index contributed by atoms with van der Waals surface area (Å²) in [6.45, 7) is 6.02. The number of nitrogens with zero attached hydrogens (tertiary/aromatic N) is 6. The van der Waals surface area contributed by atoms with Crippen LogP contribution in [0.4, 0.5) is 5.95 Å². The molecule has 1 saturated heterocycles. The van der Waals surface area contributed by atoms with Crippen molar-refractivity contribution in [3.05, 3.63) is 50.5 Å². The highest BCUT2D eigenvalue weighted by atomic mass is 16.5. The van der Waals surface area contributed by atoms with Gasteiger partial charge in [0.15, 0.2) is 11.2 Å². The van der Waals surface area contributed by atoms with E-state index in [1.54, 1.807) is 13.1 Å². The molecule has 10 heteroatoms. The van der Waals surface area contributed by atoms with Gasteiger partial charge in [0, 0.05) is 38.8 Å². The number of aromatic nitrogens is 5. The first-order valence-electron chi connectivity index (χ1n) is 10.1. The molecule has 0 bridgehead atoms. The maximum Gasteiger partial charge on any atom is 0.332 e. The number of aryl methyl sites for hydroxylation is 1. The lowest BCUT2D eigenvalue weighted by atomic mass is 10.1. The minimum absolute atomic E-state index is 0.0374. The monoisotopic (exact) mass is 413 g/mol. The fourth-order valence-corrected chi connectivity index (χ4v) is 3.86. The Hall–Kier alpha value is -3.14.